The number of rotatable bonds is 12. The van der Waals surface area contributed by atoms with Crippen molar-refractivity contribution in [3.63, 3.8) is 0 Å². The van der Waals surface area contributed by atoms with E-state index in [0.29, 0.717) is 6.92 Å². The predicted molar refractivity (Wildman–Crippen MR) is 79.9 cm³/mol. The van der Waals surface area contributed by atoms with Gasteiger partial charge in [0.1, 0.15) is 0 Å². The van der Waals surface area contributed by atoms with Gasteiger partial charge >= 0.3 is 47.0 Å². The summed E-state index contributed by atoms with van der Waals surface area (Å²) < 4.78 is 247. The monoisotopic (exact) mass is 601 g/mol. The molecule has 0 rings (SSSR count). The molecule has 0 saturated carbocycles. The lowest BCUT2D eigenvalue weighted by Gasteiger charge is -2.43. The van der Waals surface area contributed by atoms with Crippen LogP contribution in [-0.4, -0.2) is 95.7 Å². The van der Waals surface area contributed by atoms with Crippen LogP contribution in [0.2, 0.25) is 0 Å². The van der Waals surface area contributed by atoms with Crippen molar-refractivity contribution in [3.05, 3.63) is 0 Å². The van der Waals surface area contributed by atoms with Crippen LogP contribution in [-0.2, 0) is 10.0 Å². The molecule has 218 valence electrons. The molecule has 2 N–H and O–H groups in total. The maximum absolute atomic E-state index is 14.0. The molecule has 0 radical (unpaired) electrons. The minimum atomic E-state index is -8.91. The predicted octanol–water partition coefficient (Wildman–Crippen LogP) is 3.96. The lowest BCUT2D eigenvalue weighted by molar-refractivity contribution is -0.458. The molecule has 0 amide bonds. The molecule has 36 heavy (non-hydrogen) atoms. The van der Waals surface area contributed by atoms with Gasteiger partial charge in [0, 0.05) is 13.1 Å². The molecule has 0 saturated heterocycles. The normalized spacial score (nSPS) is 17.0. The van der Waals surface area contributed by atoms with Crippen LogP contribution in [0, 0.1) is 0 Å². The Kier molecular flexibility index (Phi) is 9.08. The minimum absolute atomic E-state index is 0.455. The number of likely N-dealkylation sites (N-methyl/N-ethyl adjacent to an activating group) is 1. The van der Waals surface area contributed by atoms with Crippen molar-refractivity contribution in [3.8, 4) is 0 Å². The molecule has 0 aliphatic heterocycles. The number of aliphatic hydroxyl groups excluding tert-OH is 2. The number of hydrogen-bond acceptors (Lipinski definition) is 4. The van der Waals surface area contributed by atoms with Gasteiger partial charge in [0.05, 0.1) is 12.7 Å². The number of halogens is 17. The molecule has 1 atom stereocenters. The first-order valence-corrected chi connectivity index (χ1v) is 9.85. The topological polar surface area (TPSA) is 77.8 Å². The number of sulfonamides is 1. The Hall–Kier alpha value is -1.36. The van der Waals surface area contributed by atoms with Gasteiger partial charge in [-0.15, -0.1) is 0 Å². The van der Waals surface area contributed by atoms with E-state index < -0.39 is 87.1 Å². The van der Waals surface area contributed by atoms with E-state index in [4.69, 9.17) is 10.2 Å². The Morgan fingerprint density at radius 3 is 1.22 bits per heavy atom. The SMILES string of the molecule is CCN(CC(O)CO)S(=O)(=O)C(F)(F)C(F)(F)C(F)(F)C(F)(F)C(F)(F)C(F)(F)C(F)(F)C(F)(F)F. The largest absolute Gasteiger partial charge is 0.460 e. The molecule has 0 aromatic carbocycles. The summed E-state index contributed by atoms with van der Waals surface area (Å²) in [4.78, 5) is 0. The van der Waals surface area contributed by atoms with E-state index in [0.717, 1.165) is 0 Å². The first-order valence-electron chi connectivity index (χ1n) is 8.41. The number of hydrogen-bond donors (Lipinski definition) is 2. The molecule has 0 aromatic heterocycles. The zero-order valence-electron chi connectivity index (χ0n) is 16.7. The second kappa shape index (κ2) is 9.43. The Bertz CT molecular complexity index is 885. The maximum Gasteiger partial charge on any atom is 0.460 e. The fraction of sp³-hybridized carbons (Fsp3) is 1.00. The van der Waals surface area contributed by atoms with Crippen LogP contribution in [0.3, 0.4) is 0 Å². The van der Waals surface area contributed by atoms with E-state index in [9.17, 15) is 83.1 Å². The van der Waals surface area contributed by atoms with E-state index in [1.165, 1.54) is 0 Å². The van der Waals surface area contributed by atoms with Crippen LogP contribution in [0.1, 0.15) is 6.92 Å². The van der Waals surface area contributed by atoms with Crippen molar-refractivity contribution >= 4 is 10.0 Å². The van der Waals surface area contributed by atoms with Gasteiger partial charge in [-0.2, -0.15) is 78.9 Å². The molecule has 0 bridgehead atoms. The highest BCUT2D eigenvalue weighted by atomic mass is 32.2. The van der Waals surface area contributed by atoms with Gasteiger partial charge in [0.25, 0.3) is 10.0 Å². The van der Waals surface area contributed by atoms with Crippen molar-refractivity contribution in [2.75, 3.05) is 19.7 Å². The van der Waals surface area contributed by atoms with Crippen LogP contribution < -0.4 is 0 Å². The molecule has 0 aliphatic carbocycles. The fourth-order valence-electron chi connectivity index (χ4n) is 2.16. The van der Waals surface area contributed by atoms with Crippen molar-refractivity contribution in [1.82, 2.24) is 4.31 Å². The highest BCUT2D eigenvalue weighted by Crippen LogP contribution is 2.64. The van der Waals surface area contributed by atoms with Crippen LogP contribution in [0.4, 0.5) is 74.6 Å². The summed E-state index contributed by atoms with van der Waals surface area (Å²) in [6, 6.07) is 0. The fourth-order valence-corrected chi connectivity index (χ4v) is 3.65. The minimum Gasteiger partial charge on any atom is -0.394 e. The molecule has 5 nitrogen and oxygen atoms in total. The van der Waals surface area contributed by atoms with Gasteiger partial charge in [-0.05, 0) is 0 Å². The highest BCUT2D eigenvalue weighted by Gasteiger charge is 2.96. The molecule has 0 heterocycles. The molecule has 0 fully saturated rings. The van der Waals surface area contributed by atoms with Crippen molar-refractivity contribution < 1.29 is 93.3 Å². The zero-order valence-corrected chi connectivity index (χ0v) is 17.5. The Morgan fingerprint density at radius 2 is 0.944 bits per heavy atom. The average Bonchev–Trinajstić information content (AvgIpc) is 2.69. The molecular weight excluding hydrogens is 589 g/mol. The number of alkyl halides is 17. The van der Waals surface area contributed by atoms with Gasteiger partial charge in [-0.25, -0.2) is 8.42 Å². The highest BCUT2D eigenvalue weighted by molar-refractivity contribution is 7.90. The van der Waals surface area contributed by atoms with Crippen LogP contribution >= 0.6 is 0 Å². The Balaban J connectivity index is 7.00. The van der Waals surface area contributed by atoms with Crippen LogP contribution in [0.15, 0.2) is 0 Å². The van der Waals surface area contributed by atoms with E-state index in [1.54, 1.807) is 0 Å². The Morgan fingerprint density at radius 1 is 0.639 bits per heavy atom. The summed E-state index contributed by atoms with van der Waals surface area (Å²) in [5, 5.41) is 9.83. The van der Waals surface area contributed by atoms with E-state index in [-0.39, 0.29) is 0 Å². The van der Waals surface area contributed by atoms with Crippen molar-refractivity contribution in [2.24, 2.45) is 0 Å². The Labute approximate surface area is 188 Å². The van der Waals surface area contributed by atoms with Crippen molar-refractivity contribution in [2.45, 2.75) is 60.0 Å². The third kappa shape index (κ3) is 4.56. The van der Waals surface area contributed by atoms with E-state index in [1.807, 2.05) is 0 Å². The van der Waals surface area contributed by atoms with Crippen LogP contribution in [0.5, 0.6) is 0 Å². The van der Waals surface area contributed by atoms with Crippen LogP contribution in [0.25, 0.3) is 0 Å². The summed E-state index contributed by atoms with van der Waals surface area (Å²) in [6.07, 6.45) is -10.3. The van der Waals surface area contributed by atoms with Gasteiger partial charge in [-0.3, -0.25) is 0 Å². The zero-order chi connectivity index (χ0) is 29.8. The standard InChI is InChI=1S/C13H12F17NO4S/c1-2-31(3-5(33)4-32)36(34,35)13(29,30)11(24,25)9(20,21)7(16,17)6(14,15)8(18,19)10(22,23)12(26,27)28/h5,32-33H,2-4H2,1H3. The summed E-state index contributed by atoms with van der Waals surface area (Å²) in [7, 11) is -7.48. The third-order valence-corrected chi connectivity index (χ3v) is 6.33. The number of nitrogens with zero attached hydrogens (tertiary/aromatic N) is 1. The van der Waals surface area contributed by atoms with Gasteiger partial charge in [0.2, 0.25) is 0 Å². The molecule has 0 aromatic rings. The second-order valence-electron chi connectivity index (χ2n) is 6.75. The summed E-state index contributed by atoms with van der Waals surface area (Å²) in [5.74, 6) is -52.0. The molecule has 23 heteroatoms. The first-order chi connectivity index (χ1) is 15.4. The summed E-state index contributed by atoms with van der Waals surface area (Å²) in [6.45, 7) is -4.42. The van der Waals surface area contributed by atoms with Gasteiger partial charge in [0.15, 0.2) is 0 Å². The lowest BCUT2D eigenvalue weighted by atomic mass is 9.91. The van der Waals surface area contributed by atoms with Gasteiger partial charge < -0.3 is 10.2 Å². The van der Waals surface area contributed by atoms with Gasteiger partial charge in [-0.1, -0.05) is 6.92 Å². The average molecular weight is 601 g/mol. The number of aliphatic hydroxyl groups is 2. The first kappa shape index (κ1) is 34.6. The smallest absolute Gasteiger partial charge is 0.394 e. The molecular formula is C13H12F17NO4S. The summed E-state index contributed by atoms with van der Waals surface area (Å²) >= 11 is 0. The quantitative estimate of drug-likeness (QED) is 0.333. The molecule has 0 spiro atoms. The lowest BCUT2D eigenvalue weighted by Crippen LogP contribution is -2.75. The molecule has 0 aliphatic rings. The second-order valence-corrected chi connectivity index (χ2v) is 8.73. The summed E-state index contributed by atoms with van der Waals surface area (Å²) in [5.41, 5.74) is 0. The van der Waals surface area contributed by atoms with E-state index >= 15 is 0 Å². The maximum atomic E-state index is 14.0. The molecule has 1 unspecified atom stereocenters. The van der Waals surface area contributed by atoms with E-state index in [2.05, 4.69) is 0 Å². The van der Waals surface area contributed by atoms with Crippen molar-refractivity contribution in [1.29, 1.82) is 0 Å². The third-order valence-electron chi connectivity index (χ3n) is 4.33.